The fraction of sp³-hybridized carbons (Fsp3) is 0.500. The normalized spacial score (nSPS) is 10.8. The van der Waals surface area contributed by atoms with E-state index < -0.39 is 11.9 Å². The van der Waals surface area contributed by atoms with Crippen molar-refractivity contribution in [2.45, 2.75) is 19.8 Å². The molecule has 0 fully saturated rings. The minimum Gasteiger partial charge on any atom is -0.405 e. The molecule has 0 aliphatic heterocycles. The maximum atomic E-state index is 10.5. The summed E-state index contributed by atoms with van der Waals surface area (Å²) in [5.41, 5.74) is 0.120. The molecule has 0 radical (unpaired) electrons. The highest BCUT2D eigenvalue weighted by atomic mass is 16.8. The van der Waals surface area contributed by atoms with Crippen LogP contribution in [0.15, 0.2) is 12.2 Å². The SMILES string of the molecule is C=C(C)C(=O)OC(C)(O)O. The van der Waals surface area contributed by atoms with Crippen molar-refractivity contribution in [1.82, 2.24) is 0 Å². The van der Waals surface area contributed by atoms with Gasteiger partial charge in [-0.1, -0.05) is 6.58 Å². The van der Waals surface area contributed by atoms with Crippen LogP contribution >= 0.6 is 0 Å². The summed E-state index contributed by atoms with van der Waals surface area (Å²) in [6.07, 6.45) is 0. The minimum absolute atomic E-state index is 0.120. The molecule has 0 saturated heterocycles. The van der Waals surface area contributed by atoms with E-state index in [4.69, 9.17) is 10.2 Å². The van der Waals surface area contributed by atoms with Gasteiger partial charge in [-0.15, -0.1) is 0 Å². The molecule has 0 aromatic carbocycles. The van der Waals surface area contributed by atoms with E-state index in [2.05, 4.69) is 11.3 Å². The Morgan fingerprint density at radius 2 is 2.00 bits per heavy atom. The lowest BCUT2D eigenvalue weighted by molar-refractivity contribution is -0.304. The first-order valence-corrected chi connectivity index (χ1v) is 2.66. The molecule has 0 bridgehead atoms. The van der Waals surface area contributed by atoms with Gasteiger partial charge in [0, 0.05) is 12.5 Å². The van der Waals surface area contributed by atoms with Gasteiger partial charge >= 0.3 is 11.9 Å². The average Bonchev–Trinajstić information content (AvgIpc) is 1.60. The third kappa shape index (κ3) is 4.05. The second-order valence-corrected chi connectivity index (χ2v) is 2.10. The lowest BCUT2D eigenvalue weighted by atomic mass is 10.4. The van der Waals surface area contributed by atoms with E-state index in [0.29, 0.717) is 0 Å². The van der Waals surface area contributed by atoms with Crippen LogP contribution in [0.3, 0.4) is 0 Å². The molecule has 0 heterocycles. The van der Waals surface area contributed by atoms with Crippen molar-refractivity contribution in [3.63, 3.8) is 0 Å². The summed E-state index contributed by atoms with van der Waals surface area (Å²) in [6.45, 7) is 5.59. The summed E-state index contributed by atoms with van der Waals surface area (Å²) in [6, 6.07) is 0. The van der Waals surface area contributed by atoms with Crippen molar-refractivity contribution < 1.29 is 19.7 Å². The number of ether oxygens (including phenoxy) is 1. The second-order valence-electron chi connectivity index (χ2n) is 2.10. The maximum absolute atomic E-state index is 10.5. The fourth-order valence-electron chi connectivity index (χ4n) is 0.263. The lowest BCUT2D eigenvalue weighted by Crippen LogP contribution is -2.30. The molecule has 10 heavy (non-hydrogen) atoms. The molecule has 0 spiro atoms. The number of carbonyl (C=O) groups excluding carboxylic acids is 1. The number of carbonyl (C=O) groups is 1. The summed E-state index contributed by atoms with van der Waals surface area (Å²) in [7, 11) is 0. The van der Waals surface area contributed by atoms with E-state index in [1.165, 1.54) is 6.92 Å². The predicted molar refractivity (Wildman–Crippen MR) is 33.7 cm³/mol. The van der Waals surface area contributed by atoms with E-state index in [1.54, 1.807) is 0 Å². The molecular formula is C6H10O4. The first kappa shape index (κ1) is 9.13. The molecule has 0 unspecified atom stereocenters. The van der Waals surface area contributed by atoms with Gasteiger partial charge in [-0.2, -0.15) is 0 Å². The summed E-state index contributed by atoms with van der Waals surface area (Å²) < 4.78 is 4.07. The van der Waals surface area contributed by atoms with Crippen LogP contribution in [0.2, 0.25) is 0 Å². The van der Waals surface area contributed by atoms with Crippen LogP contribution in [-0.2, 0) is 9.53 Å². The first-order chi connectivity index (χ1) is 4.33. The van der Waals surface area contributed by atoms with Crippen LogP contribution in [-0.4, -0.2) is 22.2 Å². The van der Waals surface area contributed by atoms with Crippen molar-refractivity contribution in [2.24, 2.45) is 0 Å². The van der Waals surface area contributed by atoms with Crippen LogP contribution in [0, 0.1) is 0 Å². The van der Waals surface area contributed by atoms with Gasteiger partial charge in [0.1, 0.15) is 0 Å². The van der Waals surface area contributed by atoms with Crippen LogP contribution < -0.4 is 0 Å². The number of esters is 1. The third-order valence-corrected chi connectivity index (χ3v) is 0.635. The molecule has 0 aromatic heterocycles. The summed E-state index contributed by atoms with van der Waals surface area (Å²) >= 11 is 0. The minimum atomic E-state index is -2.41. The Hall–Kier alpha value is -0.870. The van der Waals surface area contributed by atoms with E-state index in [1.807, 2.05) is 0 Å². The number of hydrogen-bond acceptors (Lipinski definition) is 4. The smallest absolute Gasteiger partial charge is 0.337 e. The Balaban J connectivity index is 3.93. The van der Waals surface area contributed by atoms with E-state index in [0.717, 1.165) is 6.92 Å². The third-order valence-electron chi connectivity index (χ3n) is 0.635. The van der Waals surface area contributed by atoms with Crippen molar-refractivity contribution in [2.75, 3.05) is 0 Å². The molecule has 0 saturated carbocycles. The van der Waals surface area contributed by atoms with E-state index >= 15 is 0 Å². The van der Waals surface area contributed by atoms with Crippen molar-refractivity contribution in [1.29, 1.82) is 0 Å². The lowest BCUT2D eigenvalue weighted by Gasteiger charge is -2.15. The molecule has 0 aliphatic rings. The van der Waals surface area contributed by atoms with Crippen LogP contribution in [0.4, 0.5) is 0 Å². The zero-order valence-corrected chi connectivity index (χ0v) is 5.92. The molecule has 0 rings (SSSR count). The zero-order valence-electron chi connectivity index (χ0n) is 5.92. The molecule has 4 nitrogen and oxygen atoms in total. The zero-order chi connectivity index (χ0) is 8.36. The van der Waals surface area contributed by atoms with Crippen molar-refractivity contribution in [3.05, 3.63) is 12.2 Å². The molecule has 58 valence electrons. The van der Waals surface area contributed by atoms with Gasteiger partial charge in [-0.25, -0.2) is 4.79 Å². The standard InChI is InChI=1S/C6H10O4/c1-4(2)5(7)10-6(3,8)9/h8-9H,1H2,2-3H3. The molecule has 4 heteroatoms. The van der Waals surface area contributed by atoms with E-state index in [9.17, 15) is 4.79 Å². The molecular weight excluding hydrogens is 136 g/mol. The van der Waals surface area contributed by atoms with Crippen molar-refractivity contribution in [3.8, 4) is 0 Å². The van der Waals surface area contributed by atoms with Crippen molar-refractivity contribution >= 4 is 5.97 Å². The Bertz CT molecular complexity index is 154. The predicted octanol–water partition coefficient (Wildman–Crippen LogP) is -0.236. The Labute approximate surface area is 58.7 Å². The quantitative estimate of drug-likeness (QED) is 0.320. The molecule has 0 aliphatic carbocycles. The van der Waals surface area contributed by atoms with Gasteiger partial charge in [-0.3, -0.25) is 0 Å². The Morgan fingerprint density at radius 1 is 1.60 bits per heavy atom. The van der Waals surface area contributed by atoms with Gasteiger partial charge < -0.3 is 14.9 Å². The van der Waals surface area contributed by atoms with Gasteiger partial charge in [0.15, 0.2) is 0 Å². The Kier molecular flexibility index (Phi) is 2.56. The molecule has 0 amide bonds. The monoisotopic (exact) mass is 146 g/mol. The highest BCUT2D eigenvalue weighted by molar-refractivity contribution is 5.87. The molecule has 2 N–H and O–H groups in total. The van der Waals surface area contributed by atoms with Gasteiger partial charge in [0.05, 0.1) is 0 Å². The number of aliphatic hydroxyl groups is 2. The molecule has 0 atom stereocenters. The average molecular weight is 146 g/mol. The summed E-state index contributed by atoms with van der Waals surface area (Å²) in [5.74, 6) is -3.23. The number of rotatable bonds is 2. The summed E-state index contributed by atoms with van der Waals surface area (Å²) in [4.78, 5) is 10.5. The van der Waals surface area contributed by atoms with Gasteiger partial charge in [0.25, 0.3) is 0 Å². The highest BCUT2D eigenvalue weighted by Crippen LogP contribution is 2.03. The van der Waals surface area contributed by atoms with Gasteiger partial charge in [-0.05, 0) is 6.92 Å². The summed E-state index contributed by atoms with van der Waals surface area (Å²) in [5, 5.41) is 17.0. The molecule has 0 aromatic rings. The second kappa shape index (κ2) is 2.81. The fourth-order valence-corrected chi connectivity index (χ4v) is 0.263. The topological polar surface area (TPSA) is 66.8 Å². The largest absolute Gasteiger partial charge is 0.405 e. The number of hydrogen-bond donors (Lipinski definition) is 2. The highest BCUT2D eigenvalue weighted by Gasteiger charge is 2.20. The van der Waals surface area contributed by atoms with Gasteiger partial charge in [0.2, 0.25) is 0 Å². The van der Waals surface area contributed by atoms with E-state index in [-0.39, 0.29) is 5.57 Å². The first-order valence-electron chi connectivity index (χ1n) is 2.66. The van der Waals surface area contributed by atoms with Crippen LogP contribution in [0.5, 0.6) is 0 Å². The van der Waals surface area contributed by atoms with Crippen LogP contribution in [0.1, 0.15) is 13.8 Å². The maximum Gasteiger partial charge on any atom is 0.337 e. The Morgan fingerprint density at radius 3 is 2.10 bits per heavy atom. The van der Waals surface area contributed by atoms with Crippen LogP contribution in [0.25, 0.3) is 0 Å².